The van der Waals surface area contributed by atoms with Gasteiger partial charge in [-0.1, -0.05) is 18.2 Å². The Hall–Kier alpha value is -2.46. The minimum atomic E-state index is -3.21. The highest BCUT2D eigenvalue weighted by Crippen LogP contribution is 2.29. The first-order chi connectivity index (χ1) is 14.8. The Bertz CT molecular complexity index is 1100. The number of aromatic nitrogens is 3. The minimum Gasteiger partial charge on any atom is -0.342 e. The molecule has 1 aromatic heterocycles. The molecule has 9 nitrogen and oxygen atoms in total. The first kappa shape index (κ1) is 21.8. The fourth-order valence-electron chi connectivity index (χ4n) is 4.65. The molecule has 1 aromatic carbocycles. The van der Waals surface area contributed by atoms with E-state index in [4.69, 9.17) is 0 Å². The molecule has 1 unspecified atom stereocenters. The molecule has 3 heterocycles. The standard InChI is InChI=1S/C21H29N5O4S/c1-23-21(28)26(18-8-4-3-5-9-18)19(22-23)17-7-6-12-24(15-17)20(27)16-10-13-25(14-11-16)31(2,29)30/h3-5,8-9,16-17H,6-7,10-15H2,1-2H3. The summed E-state index contributed by atoms with van der Waals surface area (Å²) in [5.74, 6) is 0.588. The Labute approximate surface area is 182 Å². The molecular formula is C21H29N5O4S. The van der Waals surface area contributed by atoms with E-state index < -0.39 is 10.0 Å². The van der Waals surface area contributed by atoms with Crippen LogP contribution in [0.3, 0.4) is 0 Å². The van der Waals surface area contributed by atoms with Crippen molar-refractivity contribution in [2.24, 2.45) is 13.0 Å². The number of rotatable bonds is 4. The lowest BCUT2D eigenvalue weighted by Crippen LogP contribution is -2.47. The highest BCUT2D eigenvalue weighted by molar-refractivity contribution is 7.88. The zero-order valence-electron chi connectivity index (χ0n) is 18.0. The second kappa shape index (κ2) is 8.58. The fraction of sp³-hybridized carbons (Fsp3) is 0.571. The van der Waals surface area contributed by atoms with E-state index in [-0.39, 0.29) is 23.4 Å². The third kappa shape index (κ3) is 4.45. The molecule has 2 aliphatic rings. The van der Waals surface area contributed by atoms with Gasteiger partial charge in [0.25, 0.3) is 0 Å². The van der Waals surface area contributed by atoms with Crippen molar-refractivity contribution in [3.05, 3.63) is 46.6 Å². The highest BCUT2D eigenvalue weighted by Gasteiger charge is 2.35. The van der Waals surface area contributed by atoms with E-state index in [1.807, 2.05) is 35.2 Å². The van der Waals surface area contributed by atoms with Crippen molar-refractivity contribution in [3.63, 3.8) is 0 Å². The molecule has 0 radical (unpaired) electrons. The van der Waals surface area contributed by atoms with Crippen LogP contribution in [0.5, 0.6) is 0 Å². The molecule has 4 rings (SSSR count). The lowest BCUT2D eigenvalue weighted by molar-refractivity contribution is -0.138. The molecule has 1 amide bonds. The quantitative estimate of drug-likeness (QED) is 0.695. The fourth-order valence-corrected chi connectivity index (χ4v) is 5.52. The zero-order valence-corrected chi connectivity index (χ0v) is 18.8. The zero-order chi connectivity index (χ0) is 22.2. The third-order valence-electron chi connectivity index (χ3n) is 6.33. The average molecular weight is 448 g/mol. The van der Waals surface area contributed by atoms with Crippen LogP contribution in [-0.4, -0.2) is 70.3 Å². The Morgan fingerprint density at radius 1 is 1.06 bits per heavy atom. The van der Waals surface area contributed by atoms with Gasteiger partial charge < -0.3 is 4.90 Å². The number of carbonyl (C=O) groups excluding carboxylic acids is 1. The second-order valence-corrected chi connectivity index (χ2v) is 10.5. The molecule has 1 atom stereocenters. The normalized spacial score (nSPS) is 21.4. The van der Waals surface area contributed by atoms with Gasteiger partial charge in [-0.25, -0.2) is 26.8 Å². The van der Waals surface area contributed by atoms with E-state index in [2.05, 4.69) is 5.10 Å². The van der Waals surface area contributed by atoms with Gasteiger partial charge in [0.05, 0.1) is 11.9 Å². The number of carbonyl (C=O) groups is 1. The second-order valence-electron chi connectivity index (χ2n) is 8.50. The summed E-state index contributed by atoms with van der Waals surface area (Å²) in [6.45, 7) is 1.99. The minimum absolute atomic E-state index is 0.0251. The molecule has 0 aliphatic carbocycles. The monoisotopic (exact) mass is 447 g/mol. The van der Waals surface area contributed by atoms with E-state index >= 15 is 0 Å². The number of para-hydroxylation sites is 1. The summed E-state index contributed by atoms with van der Waals surface area (Å²) in [6.07, 6.45) is 4.01. The van der Waals surface area contributed by atoms with Crippen molar-refractivity contribution in [1.29, 1.82) is 0 Å². The number of hydrogen-bond acceptors (Lipinski definition) is 5. The van der Waals surface area contributed by atoms with Crippen LogP contribution in [-0.2, 0) is 21.9 Å². The van der Waals surface area contributed by atoms with Crippen LogP contribution in [0, 0.1) is 5.92 Å². The molecule has 10 heteroatoms. The largest absolute Gasteiger partial charge is 0.350 e. The van der Waals surface area contributed by atoms with Gasteiger partial charge in [0.15, 0.2) is 0 Å². The highest BCUT2D eigenvalue weighted by atomic mass is 32.2. The van der Waals surface area contributed by atoms with Gasteiger partial charge in [-0.2, -0.15) is 5.10 Å². The van der Waals surface area contributed by atoms with Crippen LogP contribution in [0.15, 0.2) is 35.1 Å². The van der Waals surface area contributed by atoms with Crippen molar-refractivity contribution in [1.82, 2.24) is 23.6 Å². The number of hydrogen-bond donors (Lipinski definition) is 0. The average Bonchev–Trinajstić information content (AvgIpc) is 3.08. The molecule has 31 heavy (non-hydrogen) atoms. The molecule has 0 N–H and O–H groups in total. The van der Waals surface area contributed by atoms with Crippen LogP contribution in [0.2, 0.25) is 0 Å². The Kier molecular flexibility index (Phi) is 6.02. The van der Waals surface area contributed by atoms with Crippen molar-refractivity contribution >= 4 is 15.9 Å². The topological polar surface area (TPSA) is 97.5 Å². The van der Waals surface area contributed by atoms with E-state index in [1.54, 1.807) is 11.6 Å². The summed E-state index contributed by atoms with van der Waals surface area (Å²) >= 11 is 0. The van der Waals surface area contributed by atoms with Crippen molar-refractivity contribution in [2.75, 3.05) is 32.4 Å². The van der Waals surface area contributed by atoms with E-state index in [9.17, 15) is 18.0 Å². The first-order valence-corrected chi connectivity index (χ1v) is 12.6. The predicted octanol–water partition coefficient (Wildman–Crippen LogP) is 0.949. The summed E-state index contributed by atoms with van der Waals surface area (Å²) in [5.41, 5.74) is 0.574. The SMILES string of the molecule is Cn1nc(C2CCCN(C(=O)C3CCN(S(C)(=O)=O)CC3)C2)n(-c2ccccc2)c1=O. The van der Waals surface area contributed by atoms with Crippen LogP contribution in [0.25, 0.3) is 5.69 Å². The predicted molar refractivity (Wildman–Crippen MR) is 117 cm³/mol. The Morgan fingerprint density at radius 3 is 2.39 bits per heavy atom. The molecule has 168 valence electrons. The molecule has 2 aromatic rings. The Balaban J connectivity index is 1.51. The molecule has 2 saturated heterocycles. The maximum Gasteiger partial charge on any atom is 0.350 e. The lowest BCUT2D eigenvalue weighted by atomic mass is 9.92. The van der Waals surface area contributed by atoms with E-state index in [0.29, 0.717) is 44.8 Å². The van der Waals surface area contributed by atoms with Crippen LogP contribution in [0.4, 0.5) is 0 Å². The third-order valence-corrected chi connectivity index (χ3v) is 7.64. The number of piperidine rings is 2. The number of amides is 1. The number of nitrogens with zero attached hydrogens (tertiary/aromatic N) is 5. The number of sulfonamides is 1. The van der Waals surface area contributed by atoms with E-state index in [1.165, 1.54) is 15.2 Å². The molecule has 0 spiro atoms. The van der Waals surface area contributed by atoms with Crippen molar-refractivity contribution in [2.45, 2.75) is 31.6 Å². The van der Waals surface area contributed by atoms with Crippen molar-refractivity contribution in [3.8, 4) is 5.69 Å². The lowest BCUT2D eigenvalue weighted by Gasteiger charge is -2.37. The smallest absolute Gasteiger partial charge is 0.342 e. The maximum absolute atomic E-state index is 13.2. The molecule has 0 saturated carbocycles. The summed E-state index contributed by atoms with van der Waals surface area (Å²) in [5, 5.41) is 4.51. The van der Waals surface area contributed by atoms with Gasteiger partial charge in [0, 0.05) is 45.1 Å². The summed E-state index contributed by atoms with van der Waals surface area (Å²) < 4.78 is 27.9. The first-order valence-electron chi connectivity index (χ1n) is 10.7. The van der Waals surface area contributed by atoms with Gasteiger partial charge in [-0.15, -0.1) is 0 Å². The molecular weight excluding hydrogens is 418 g/mol. The van der Waals surface area contributed by atoms with Gasteiger partial charge in [-0.3, -0.25) is 4.79 Å². The number of benzene rings is 1. The number of aryl methyl sites for hydroxylation is 1. The summed E-state index contributed by atoms with van der Waals surface area (Å²) in [7, 11) is -1.57. The Morgan fingerprint density at radius 2 is 1.74 bits per heavy atom. The van der Waals surface area contributed by atoms with Crippen LogP contribution < -0.4 is 5.69 Å². The molecule has 2 aliphatic heterocycles. The molecule has 2 fully saturated rings. The van der Waals surface area contributed by atoms with Gasteiger partial charge in [0.1, 0.15) is 5.82 Å². The van der Waals surface area contributed by atoms with Gasteiger partial charge in [0.2, 0.25) is 15.9 Å². The van der Waals surface area contributed by atoms with Crippen molar-refractivity contribution < 1.29 is 13.2 Å². The van der Waals surface area contributed by atoms with Gasteiger partial charge >= 0.3 is 5.69 Å². The summed E-state index contributed by atoms with van der Waals surface area (Å²) in [4.78, 5) is 27.8. The maximum atomic E-state index is 13.2. The molecule has 0 bridgehead atoms. The van der Waals surface area contributed by atoms with Crippen LogP contribution >= 0.6 is 0 Å². The van der Waals surface area contributed by atoms with Crippen LogP contribution in [0.1, 0.15) is 37.4 Å². The summed E-state index contributed by atoms with van der Waals surface area (Å²) in [6, 6.07) is 9.44. The number of likely N-dealkylation sites (tertiary alicyclic amines) is 1. The van der Waals surface area contributed by atoms with Gasteiger partial charge in [-0.05, 0) is 37.8 Å². The van der Waals surface area contributed by atoms with E-state index in [0.717, 1.165) is 18.5 Å².